The lowest BCUT2D eigenvalue weighted by Crippen LogP contribution is -1.95. The molecule has 0 bridgehead atoms. The van der Waals surface area contributed by atoms with Gasteiger partial charge < -0.3 is 15.3 Å². The van der Waals surface area contributed by atoms with E-state index in [1.807, 2.05) is 0 Å². The van der Waals surface area contributed by atoms with Gasteiger partial charge in [0.2, 0.25) is 5.88 Å². The molecule has 1 aromatic heterocycles. The van der Waals surface area contributed by atoms with Gasteiger partial charge in [0.15, 0.2) is 12.0 Å². The van der Waals surface area contributed by atoms with Crippen LogP contribution in [0.4, 0.5) is 11.6 Å². The summed E-state index contributed by atoms with van der Waals surface area (Å²) in [7, 11) is 1.41. The first kappa shape index (κ1) is 7.28. The summed E-state index contributed by atoms with van der Waals surface area (Å²) in [6.45, 7) is 6.66. The molecule has 0 saturated heterocycles. The normalized spacial score (nSPS) is 8.73. The lowest BCUT2D eigenvalue weighted by Gasteiger charge is -1.98. The van der Waals surface area contributed by atoms with Crippen molar-refractivity contribution in [1.82, 2.24) is 9.97 Å². The molecule has 0 radical (unpaired) electrons. The van der Waals surface area contributed by atoms with Gasteiger partial charge in [-0.2, -0.15) is 0 Å². The van der Waals surface area contributed by atoms with E-state index in [0.717, 1.165) is 0 Å². The third kappa shape index (κ3) is 1.35. The molecule has 0 fully saturated rings. The fourth-order valence-corrected chi connectivity index (χ4v) is 0.592. The number of nitrogens with zero attached hydrogens (tertiary/aromatic N) is 3. The van der Waals surface area contributed by atoms with Gasteiger partial charge in [-0.25, -0.2) is 4.98 Å². The Labute approximate surface area is 63.7 Å². The highest BCUT2D eigenvalue weighted by Gasteiger charge is 2.05. The molecule has 1 heterocycles. The van der Waals surface area contributed by atoms with Crippen molar-refractivity contribution in [3.8, 4) is 5.88 Å². The van der Waals surface area contributed by atoms with Gasteiger partial charge in [0.05, 0.1) is 7.11 Å². The SMILES string of the molecule is [C-]#[N+]c1ncc(N)nc1OC. The van der Waals surface area contributed by atoms with Crippen LogP contribution in [0.25, 0.3) is 4.85 Å². The molecular weight excluding hydrogens is 144 g/mol. The van der Waals surface area contributed by atoms with E-state index in [-0.39, 0.29) is 17.5 Å². The molecule has 5 heteroatoms. The van der Waals surface area contributed by atoms with Crippen LogP contribution in [0.1, 0.15) is 0 Å². The van der Waals surface area contributed by atoms with Crippen LogP contribution >= 0.6 is 0 Å². The summed E-state index contributed by atoms with van der Waals surface area (Å²) < 4.78 is 4.75. The monoisotopic (exact) mass is 150 g/mol. The standard InChI is InChI=1S/C6H6N4O/c1-8-5-6(11-2)10-4(7)3-9-5/h3H,2H3,(H2,7,10). The molecule has 0 atom stereocenters. The van der Waals surface area contributed by atoms with E-state index < -0.39 is 0 Å². The number of ether oxygens (including phenoxy) is 1. The Kier molecular flexibility index (Phi) is 1.88. The van der Waals surface area contributed by atoms with E-state index >= 15 is 0 Å². The molecule has 11 heavy (non-hydrogen) atoms. The highest BCUT2D eigenvalue weighted by atomic mass is 16.5. The largest absolute Gasteiger partial charge is 0.488 e. The van der Waals surface area contributed by atoms with Crippen molar-refractivity contribution < 1.29 is 4.74 Å². The minimum Gasteiger partial charge on any atom is -0.488 e. The fraction of sp³-hybridized carbons (Fsp3) is 0.167. The topological polar surface area (TPSA) is 65.4 Å². The second-order valence-corrected chi connectivity index (χ2v) is 1.74. The third-order valence-electron chi connectivity index (χ3n) is 1.04. The number of anilines is 1. The van der Waals surface area contributed by atoms with E-state index in [1.54, 1.807) is 0 Å². The predicted molar refractivity (Wildman–Crippen MR) is 39.3 cm³/mol. The molecule has 2 N–H and O–H groups in total. The van der Waals surface area contributed by atoms with E-state index in [4.69, 9.17) is 17.0 Å². The molecule has 1 rings (SSSR count). The molecule has 1 aromatic rings. The number of nitrogens with two attached hydrogens (primary N) is 1. The van der Waals surface area contributed by atoms with Gasteiger partial charge in [-0.3, -0.25) is 0 Å². The average molecular weight is 150 g/mol. The molecular formula is C6H6N4O. The van der Waals surface area contributed by atoms with Crippen LogP contribution in [0, 0.1) is 6.57 Å². The molecule has 0 aromatic carbocycles. The summed E-state index contributed by atoms with van der Waals surface area (Å²) in [6, 6.07) is 0. The van der Waals surface area contributed by atoms with Gasteiger partial charge in [0.25, 0.3) is 0 Å². The fourth-order valence-electron chi connectivity index (χ4n) is 0.592. The van der Waals surface area contributed by atoms with Gasteiger partial charge in [0.1, 0.15) is 0 Å². The Bertz CT molecular complexity index is 304. The number of rotatable bonds is 1. The second kappa shape index (κ2) is 2.84. The predicted octanol–water partition coefficient (Wildman–Crippen LogP) is 0.618. The summed E-state index contributed by atoms with van der Waals surface area (Å²) in [4.78, 5) is 10.5. The van der Waals surface area contributed by atoms with Crippen LogP contribution in [0.2, 0.25) is 0 Å². The summed E-state index contributed by atoms with van der Waals surface area (Å²) in [5.74, 6) is 0.538. The Hall–Kier alpha value is -1.83. The van der Waals surface area contributed by atoms with Crippen LogP contribution < -0.4 is 10.5 Å². The zero-order chi connectivity index (χ0) is 8.27. The van der Waals surface area contributed by atoms with Gasteiger partial charge >= 0.3 is 5.82 Å². The smallest absolute Gasteiger partial charge is 0.331 e. The van der Waals surface area contributed by atoms with E-state index in [1.165, 1.54) is 13.3 Å². The second-order valence-electron chi connectivity index (χ2n) is 1.74. The van der Waals surface area contributed by atoms with Crippen molar-refractivity contribution >= 4 is 11.6 Å². The molecule has 56 valence electrons. The number of methoxy groups -OCH3 is 1. The van der Waals surface area contributed by atoms with Crippen LogP contribution in [0.3, 0.4) is 0 Å². The quantitative estimate of drug-likeness (QED) is 0.596. The van der Waals surface area contributed by atoms with E-state index in [2.05, 4.69) is 14.8 Å². The zero-order valence-electron chi connectivity index (χ0n) is 5.90. The maximum absolute atomic E-state index is 6.66. The number of nitrogen functional groups attached to an aromatic ring is 1. The highest BCUT2D eigenvalue weighted by Crippen LogP contribution is 2.21. The van der Waals surface area contributed by atoms with Gasteiger partial charge in [-0.05, 0) is 0 Å². The molecule has 0 aliphatic heterocycles. The van der Waals surface area contributed by atoms with Crippen LogP contribution in [-0.4, -0.2) is 17.1 Å². The molecule has 0 amide bonds. The van der Waals surface area contributed by atoms with Crippen molar-refractivity contribution in [3.63, 3.8) is 0 Å². The minimum atomic E-state index is 0.127. The first-order chi connectivity index (χ1) is 5.27. The van der Waals surface area contributed by atoms with Gasteiger partial charge in [0, 0.05) is 0 Å². The van der Waals surface area contributed by atoms with Gasteiger partial charge in [-0.15, -0.1) is 4.98 Å². The summed E-state index contributed by atoms with van der Waals surface area (Å²) in [5, 5.41) is 0. The Morgan fingerprint density at radius 1 is 1.73 bits per heavy atom. The van der Waals surface area contributed by atoms with Crippen molar-refractivity contribution in [2.75, 3.05) is 12.8 Å². The number of hydrogen-bond donors (Lipinski definition) is 1. The highest BCUT2D eigenvalue weighted by molar-refractivity contribution is 5.49. The maximum atomic E-state index is 6.66. The van der Waals surface area contributed by atoms with Crippen molar-refractivity contribution in [2.45, 2.75) is 0 Å². The first-order valence-electron chi connectivity index (χ1n) is 2.82. The summed E-state index contributed by atoms with van der Waals surface area (Å²) >= 11 is 0. The Balaban J connectivity index is 3.19. The van der Waals surface area contributed by atoms with Crippen LogP contribution in [0.15, 0.2) is 6.20 Å². The number of aromatic nitrogens is 2. The molecule has 0 aliphatic carbocycles. The third-order valence-corrected chi connectivity index (χ3v) is 1.04. The molecule has 0 unspecified atom stereocenters. The van der Waals surface area contributed by atoms with Crippen molar-refractivity contribution in [1.29, 1.82) is 0 Å². The van der Waals surface area contributed by atoms with Crippen molar-refractivity contribution in [2.24, 2.45) is 0 Å². The zero-order valence-corrected chi connectivity index (χ0v) is 5.90. The maximum Gasteiger partial charge on any atom is 0.331 e. The van der Waals surface area contributed by atoms with Gasteiger partial charge in [-0.1, -0.05) is 6.57 Å². The Morgan fingerprint density at radius 2 is 2.45 bits per heavy atom. The first-order valence-corrected chi connectivity index (χ1v) is 2.82. The lowest BCUT2D eigenvalue weighted by atomic mass is 10.6. The minimum absolute atomic E-state index is 0.127. The molecule has 0 aliphatic rings. The molecule has 0 spiro atoms. The van der Waals surface area contributed by atoms with E-state index in [9.17, 15) is 0 Å². The summed E-state index contributed by atoms with van der Waals surface area (Å²) in [6.07, 6.45) is 1.32. The van der Waals surface area contributed by atoms with E-state index in [0.29, 0.717) is 0 Å². The molecule has 5 nitrogen and oxygen atoms in total. The Morgan fingerprint density at radius 3 is 3.00 bits per heavy atom. The summed E-state index contributed by atoms with van der Waals surface area (Å²) in [5.41, 5.74) is 5.30. The van der Waals surface area contributed by atoms with Crippen molar-refractivity contribution in [3.05, 3.63) is 17.6 Å². The number of hydrogen-bond acceptors (Lipinski definition) is 4. The molecule has 0 saturated carbocycles. The average Bonchev–Trinajstić information content (AvgIpc) is 2.04. The van der Waals surface area contributed by atoms with Crippen LogP contribution in [-0.2, 0) is 0 Å². The lowest BCUT2D eigenvalue weighted by molar-refractivity contribution is 0.399. The van der Waals surface area contributed by atoms with Crippen LogP contribution in [0.5, 0.6) is 5.88 Å².